The third-order valence-corrected chi connectivity index (χ3v) is 4.79. The second kappa shape index (κ2) is 8.37. The van der Waals surface area contributed by atoms with Crippen LogP contribution in [0.5, 0.6) is 0 Å². The third kappa shape index (κ3) is 4.86. The van der Waals surface area contributed by atoms with Gasteiger partial charge < -0.3 is 15.1 Å². The van der Waals surface area contributed by atoms with Crippen LogP contribution in [0.4, 0.5) is 0 Å². The number of hydrogen-bond acceptors (Lipinski definition) is 3. The highest BCUT2D eigenvalue weighted by atomic mass is 127. The molecule has 0 aromatic carbocycles. The molecule has 1 saturated carbocycles. The van der Waals surface area contributed by atoms with Gasteiger partial charge in [0.15, 0.2) is 5.96 Å². The molecule has 1 saturated heterocycles. The van der Waals surface area contributed by atoms with Gasteiger partial charge in [-0.15, -0.1) is 24.0 Å². The molecule has 1 aromatic rings. The molecule has 0 spiro atoms. The van der Waals surface area contributed by atoms with Gasteiger partial charge in [-0.25, -0.2) is 0 Å². The largest absolute Gasteiger partial charge is 0.465 e. The topological polar surface area (TPSA) is 52.8 Å². The summed E-state index contributed by atoms with van der Waals surface area (Å²) in [5, 5.41) is 6.97. The number of furan rings is 1. The Morgan fingerprint density at radius 1 is 1.39 bits per heavy atom. The first kappa shape index (κ1) is 18.6. The number of rotatable bonds is 5. The molecule has 5 nitrogen and oxygen atoms in total. The lowest BCUT2D eigenvalue weighted by atomic mass is 10.2. The average Bonchev–Trinajstić information content (AvgIpc) is 2.93. The number of halogens is 1. The van der Waals surface area contributed by atoms with Crippen LogP contribution in [0.15, 0.2) is 21.5 Å². The Bertz CT molecular complexity index is 524. The van der Waals surface area contributed by atoms with Crippen molar-refractivity contribution in [2.75, 3.05) is 26.7 Å². The van der Waals surface area contributed by atoms with E-state index in [1.807, 2.05) is 14.0 Å². The van der Waals surface area contributed by atoms with Crippen LogP contribution in [-0.2, 0) is 0 Å². The van der Waals surface area contributed by atoms with Crippen molar-refractivity contribution >= 4 is 29.9 Å². The molecule has 3 rings (SSSR count). The molecule has 2 aliphatic rings. The van der Waals surface area contributed by atoms with Crippen LogP contribution in [0.25, 0.3) is 0 Å². The van der Waals surface area contributed by atoms with Gasteiger partial charge in [0.1, 0.15) is 11.5 Å². The fraction of sp³-hybridized carbons (Fsp3) is 0.706. The van der Waals surface area contributed by atoms with E-state index in [2.05, 4.69) is 39.6 Å². The Morgan fingerprint density at radius 3 is 2.61 bits per heavy atom. The fourth-order valence-corrected chi connectivity index (χ4v) is 3.18. The SMILES string of the molecule is CN=C(NCC(c1ccc(C)o1)N1CCCC1)NC1CC1C.I. The minimum absolute atomic E-state index is 0. The van der Waals surface area contributed by atoms with Crippen molar-refractivity contribution in [3.63, 3.8) is 0 Å². The maximum atomic E-state index is 5.89. The van der Waals surface area contributed by atoms with Gasteiger partial charge in [-0.1, -0.05) is 6.92 Å². The standard InChI is InChI=1S/C17H28N4O.HI/c1-12-10-14(12)20-17(18-3)19-11-15(21-8-4-5-9-21)16-7-6-13(2)22-16;/h6-7,12,14-15H,4-5,8-11H2,1-3H3,(H2,18,19,20);1H. The molecule has 0 radical (unpaired) electrons. The maximum absolute atomic E-state index is 5.89. The van der Waals surface area contributed by atoms with Gasteiger partial charge in [0.2, 0.25) is 0 Å². The summed E-state index contributed by atoms with van der Waals surface area (Å²) in [5.41, 5.74) is 0. The highest BCUT2D eigenvalue weighted by Gasteiger charge is 2.33. The molecule has 23 heavy (non-hydrogen) atoms. The number of aliphatic imine (C=N–C) groups is 1. The lowest BCUT2D eigenvalue weighted by molar-refractivity contribution is 0.213. The molecule has 3 unspecified atom stereocenters. The Kier molecular flexibility index (Phi) is 6.76. The number of aryl methyl sites for hydroxylation is 1. The average molecular weight is 432 g/mol. The molecule has 2 fully saturated rings. The fourth-order valence-electron chi connectivity index (χ4n) is 3.18. The monoisotopic (exact) mass is 432 g/mol. The van der Waals surface area contributed by atoms with Crippen LogP contribution >= 0.6 is 24.0 Å². The lowest BCUT2D eigenvalue weighted by Crippen LogP contribution is -2.43. The molecule has 1 aliphatic carbocycles. The van der Waals surface area contributed by atoms with Crippen molar-refractivity contribution in [1.82, 2.24) is 15.5 Å². The lowest BCUT2D eigenvalue weighted by Gasteiger charge is -2.26. The van der Waals surface area contributed by atoms with Crippen LogP contribution < -0.4 is 10.6 Å². The van der Waals surface area contributed by atoms with E-state index in [1.165, 1.54) is 19.3 Å². The minimum Gasteiger partial charge on any atom is -0.465 e. The Balaban J connectivity index is 0.00000192. The van der Waals surface area contributed by atoms with Crippen LogP contribution in [-0.4, -0.2) is 43.6 Å². The van der Waals surface area contributed by atoms with Gasteiger partial charge >= 0.3 is 0 Å². The molecule has 3 atom stereocenters. The Labute approximate surface area is 156 Å². The van der Waals surface area contributed by atoms with E-state index in [-0.39, 0.29) is 30.0 Å². The summed E-state index contributed by atoms with van der Waals surface area (Å²) < 4.78 is 5.89. The number of guanidine groups is 1. The van der Waals surface area contributed by atoms with Gasteiger partial charge in [0, 0.05) is 19.6 Å². The number of hydrogen-bond donors (Lipinski definition) is 2. The Morgan fingerprint density at radius 2 is 2.09 bits per heavy atom. The molecule has 2 heterocycles. The minimum atomic E-state index is 0. The zero-order valence-electron chi connectivity index (χ0n) is 14.3. The molecule has 1 aliphatic heterocycles. The zero-order chi connectivity index (χ0) is 15.5. The van der Waals surface area contributed by atoms with E-state index in [0.29, 0.717) is 6.04 Å². The summed E-state index contributed by atoms with van der Waals surface area (Å²) in [7, 11) is 1.84. The van der Waals surface area contributed by atoms with Crippen molar-refractivity contribution in [2.24, 2.45) is 10.9 Å². The van der Waals surface area contributed by atoms with Crippen LogP contribution in [0.2, 0.25) is 0 Å². The first-order valence-electron chi connectivity index (χ1n) is 8.45. The maximum Gasteiger partial charge on any atom is 0.191 e. The van der Waals surface area contributed by atoms with E-state index in [4.69, 9.17) is 4.42 Å². The summed E-state index contributed by atoms with van der Waals surface area (Å²) in [4.78, 5) is 6.86. The number of likely N-dealkylation sites (tertiary alicyclic amines) is 1. The van der Waals surface area contributed by atoms with Crippen LogP contribution in [0, 0.1) is 12.8 Å². The van der Waals surface area contributed by atoms with Crippen molar-refractivity contribution in [2.45, 2.75) is 45.2 Å². The quantitative estimate of drug-likeness (QED) is 0.427. The Hall–Kier alpha value is -0.760. The predicted molar refractivity (Wildman–Crippen MR) is 104 cm³/mol. The van der Waals surface area contributed by atoms with Crippen molar-refractivity contribution in [1.29, 1.82) is 0 Å². The summed E-state index contributed by atoms with van der Waals surface area (Å²) in [6.07, 6.45) is 3.80. The van der Waals surface area contributed by atoms with E-state index in [0.717, 1.165) is 43.0 Å². The van der Waals surface area contributed by atoms with Crippen LogP contribution in [0.3, 0.4) is 0 Å². The predicted octanol–water partition coefficient (Wildman–Crippen LogP) is 2.92. The zero-order valence-corrected chi connectivity index (χ0v) is 16.7. The molecule has 0 amide bonds. The molecule has 6 heteroatoms. The molecular formula is C17H29IN4O. The smallest absolute Gasteiger partial charge is 0.191 e. The highest BCUT2D eigenvalue weighted by molar-refractivity contribution is 14.0. The molecule has 0 bridgehead atoms. The summed E-state index contributed by atoms with van der Waals surface area (Å²) >= 11 is 0. The van der Waals surface area contributed by atoms with E-state index in [1.54, 1.807) is 0 Å². The van der Waals surface area contributed by atoms with Gasteiger partial charge in [-0.2, -0.15) is 0 Å². The van der Waals surface area contributed by atoms with E-state index >= 15 is 0 Å². The highest BCUT2D eigenvalue weighted by Crippen LogP contribution is 2.29. The molecular weight excluding hydrogens is 403 g/mol. The molecule has 130 valence electrons. The van der Waals surface area contributed by atoms with Gasteiger partial charge in [0.25, 0.3) is 0 Å². The van der Waals surface area contributed by atoms with Gasteiger partial charge in [-0.3, -0.25) is 9.89 Å². The van der Waals surface area contributed by atoms with Gasteiger partial charge in [0.05, 0.1) is 6.04 Å². The van der Waals surface area contributed by atoms with E-state index in [9.17, 15) is 0 Å². The van der Waals surface area contributed by atoms with Crippen molar-refractivity contribution < 1.29 is 4.42 Å². The summed E-state index contributed by atoms with van der Waals surface area (Å²) in [6.45, 7) is 7.40. The number of nitrogens with one attached hydrogen (secondary N) is 2. The van der Waals surface area contributed by atoms with E-state index < -0.39 is 0 Å². The molecule has 2 N–H and O–H groups in total. The summed E-state index contributed by atoms with van der Waals surface area (Å²) in [6, 6.07) is 5.03. The normalized spacial score (nSPS) is 25.8. The third-order valence-electron chi connectivity index (χ3n) is 4.79. The summed E-state index contributed by atoms with van der Waals surface area (Å²) in [5.74, 6) is 3.71. The second-order valence-electron chi connectivity index (χ2n) is 6.62. The first-order chi connectivity index (χ1) is 10.7. The second-order valence-corrected chi connectivity index (χ2v) is 6.62. The van der Waals surface area contributed by atoms with Crippen LogP contribution in [0.1, 0.15) is 43.7 Å². The molecule has 1 aromatic heterocycles. The van der Waals surface area contributed by atoms with Gasteiger partial charge in [-0.05, 0) is 57.3 Å². The van der Waals surface area contributed by atoms with Crippen molar-refractivity contribution in [3.8, 4) is 0 Å². The van der Waals surface area contributed by atoms with Crippen molar-refractivity contribution in [3.05, 3.63) is 23.7 Å². The first-order valence-corrected chi connectivity index (χ1v) is 8.45. The number of nitrogens with zero attached hydrogens (tertiary/aromatic N) is 2.